The average molecular weight is 212 g/mol. The molecule has 0 bridgehead atoms. The highest BCUT2D eigenvalue weighted by molar-refractivity contribution is 5.74. The van der Waals surface area contributed by atoms with E-state index in [2.05, 4.69) is 20.8 Å². The number of carbonyl (C=O) groups is 1. The summed E-state index contributed by atoms with van der Waals surface area (Å²) in [7, 11) is 0. The first-order chi connectivity index (χ1) is 7.16. The van der Waals surface area contributed by atoms with Crippen molar-refractivity contribution in [1.82, 2.24) is 9.80 Å². The van der Waals surface area contributed by atoms with E-state index < -0.39 is 0 Å². The Bertz CT molecular complexity index is 196. The molecule has 15 heavy (non-hydrogen) atoms. The number of urea groups is 1. The first-order valence-electron chi connectivity index (χ1n) is 6.22. The van der Waals surface area contributed by atoms with E-state index in [1.807, 2.05) is 9.80 Å². The van der Waals surface area contributed by atoms with Gasteiger partial charge in [0, 0.05) is 25.7 Å². The van der Waals surface area contributed by atoms with Crippen LogP contribution in [0.1, 0.15) is 46.5 Å². The Balaban J connectivity index is 2.55. The van der Waals surface area contributed by atoms with Gasteiger partial charge < -0.3 is 9.80 Å². The average Bonchev–Trinajstić information content (AvgIpc) is 2.45. The molecule has 1 aliphatic heterocycles. The van der Waals surface area contributed by atoms with Crippen LogP contribution in [0.2, 0.25) is 0 Å². The molecule has 0 aliphatic carbocycles. The van der Waals surface area contributed by atoms with Gasteiger partial charge >= 0.3 is 6.03 Å². The molecule has 1 heterocycles. The largest absolute Gasteiger partial charge is 0.325 e. The smallest absolute Gasteiger partial charge is 0.320 e. The molecule has 0 aromatic carbocycles. The Kier molecular flexibility index (Phi) is 4.92. The SMILES string of the molecule is CCN(C(=O)N1CCCCCC1)C(C)C. The van der Waals surface area contributed by atoms with Crippen molar-refractivity contribution in [3.63, 3.8) is 0 Å². The first-order valence-corrected chi connectivity index (χ1v) is 6.22. The number of hydrogen-bond acceptors (Lipinski definition) is 1. The zero-order valence-corrected chi connectivity index (χ0v) is 10.3. The minimum absolute atomic E-state index is 0.231. The molecule has 3 heteroatoms. The van der Waals surface area contributed by atoms with E-state index in [-0.39, 0.29) is 6.03 Å². The predicted octanol–water partition coefficient (Wildman–Crippen LogP) is 2.71. The summed E-state index contributed by atoms with van der Waals surface area (Å²) in [6, 6.07) is 0.542. The molecular weight excluding hydrogens is 188 g/mol. The van der Waals surface area contributed by atoms with Gasteiger partial charge in [0.2, 0.25) is 0 Å². The van der Waals surface area contributed by atoms with Crippen molar-refractivity contribution < 1.29 is 4.79 Å². The molecule has 0 atom stereocenters. The van der Waals surface area contributed by atoms with Crippen LogP contribution in [0.3, 0.4) is 0 Å². The van der Waals surface area contributed by atoms with Crippen LogP contribution in [0, 0.1) is 0 Å². The lowest BCUT2D eigenvalue weighted by molar-refractivity contribution is 0.144. The normalized spacial score (nSPS) is 17.7. The van der Waals surface area contributed by atoms with E-state index >= 15 is 0 Å². The molecule has 1 rings (SSSR count). The first kappa shape index (κ1) is 12.3. The number of likely N-dealkylation sites (tertiary alicyclic amines) is 1. The lowest BCUT2D eigenvalue weighted by Crippen LogP contribution is -2.46. The highest BCUT2D eigenvalue weighted by Gasteiger charge is 2.22. The monoisotopic (exact) mass is 212 g/mol. The lowest BCUT2D eigenvalue weighted by atomic mass is 10.2. The molecule has 0 saturated carbocycles. The van der Waals surface area contributed by atoms with Crippen molar-refractivity contribution in [2.45, 2.75) is 52.5 Å². The third-order valence-corrected chi connectivity index (χ3v) is 3.09. The Labute approximate surface area is 93.4 Å². The summed E-state index contributed by atoms with van der Waals surface area (Å²) >= 11 is 0. The van der Waals surface area contributed by atoms with Crippen LogP contribution in [0.25, 0.3) is 0 Å². The second-order valence-corrected chi connectivity index (χ2v) is 4.56. The number of rotatable bonds is 2. The second-order valence-electron chi connectivity index (χ2n) is 4.56. The van der Waals surface area contributed by atoms with Gasteiger partial charge in [0.1, 0.15) is 0 Å². The Morgan fingerprint density at radius 1 is 1.20 bits per heavy atom. The molecule has 0 aromatic heterocycles. The highest BCUT2D eigenvalue weighted by atomic mass is 16.2. The van der Waals surface area contributed by atoms with Crippen LogP contribution in [0.15, 0.2) is 0 Å². The third kappa shape index (κ3) is 3.40. The maximum atomic E-state index is 12.2. The summed E-state index contributed by atoms with van der Waals surface area (Å²) in [4.78, 5) is 16.1. The van der Waals surface area contributed by atoms with Crippen LogP contribution in [0.4, 0.5) is 4.79 Å². The zero-order valence-electron chi connectivity index (χ0n) is 10.3. The molecule has 88 valence electrons. The van der Waals surface area contributed by atoms with E-state index in [0.29, 0.717) is 6.04 Å². The Morgan fingerprint density at radius 3 is 2.13 bits per heavy atom. The van der Waals surface area contributed by atoms with Gasteiger partial charge in [-0.3, -0.25) is 0 Å². The Hall–Kier alpha value is -0.730. The fourth-order valence-electron chi connectivity index (χ4n) is 2.16. The zero-order chi connectivity index (χ0) is 11.3. The van der Waals surface area contributed by atoms with E-state index in [1.54, 1.807) is 0 Å². The van der Waals surface area contributed by atoms with Crippen LogP contribution in [-0.4, -0.2) is 41.5 Å². The highest BCUT2D eigenvalue weighted by Crippen LogP contribution is 2.12. The minimum Gasteiger partial charge on any atom is -0.325 e. The summed E-state index contributed by atoms with van der Waals surface area (Å²) < 4.78 is 0. The van der Waals surface area contributed by atoms with Gasteiger partial charge in [-0.2, -0.15) is 0 Å². The third-order valence-electron chi connectivity index (χ3n) is 3.09. The quantitative estimate of drug-likeness (QED) is 0.690. The molecule has 0 spiro atoms. The second kappa shape index (κ2) is 5.99. The molecule has 3 nitrogen and oxygen atoms in total. The number of amides is 2. The van der Waals surface area contributed by atoms with Gasteiger partial charge in [-0.1, -0.05) is 12.8 Å². The van der Waals surface area contributed by atoms with Crippen molar-refractivity contribution in [3.8, 4) is 0 Å². The Morgan fingerprint density at radius 2 is 1.73 bits per heavy atom. The molecule has 2 amide bonds. The standard InChI is InChI=1S/C12H24N2O/c1-4-14(11(2)3)12(15)13-9-7-5-6-8-10-13/h11H,4-10H2,1-3H3. The minimum atomic E-state index is 0.231. The molecule has 0 aromatic rings. The van der Waals surface area contributed by atoms with Crippen molar-refractivity contribution in [1.29, 1.82) is 0 Å². The molecule has 1 aliphatic rings. The van der Waals surface area contributed by atoms with Crippen LogP contribution >= 0.6 is 0 Å². The predicted molar refractivity (Wildman–Crippen MR) is 63.0 cm³/mol. The molecule has 1 fully saturated rings. The summed E-state index contributed by atoms with van der Waals surface area (Å²) in [5.41, 5.74) is 0. The van der Waals surface area contributed by atoms with E-state index in [4.69, 9.17) is 0 Å². The van der Waals surface area contributed by atoms with E-state index in [1.165, 1.54) is 25.7 Å². The summed E-state index contributed by atoms with van der Waals surface area (Å²) in [6.07, 6.45) is 4.89. The van der Waals surface area contributed by atoms with Gasteiger partial charge in [0.25, 0.3) is 0 Å². The molecular formula is C12H24N2O. The fraction of sp³-hybridized carbons (Fsp3) is 0.917. The summed E-state index contributed by atoms with van der Waals surface area (Å²) in [5, 5.41) is 0. The molecule has 0 unspecified atom stereocenters. The molecule has 1 saturated heterocycles. The topological polar surface area (TPSA) is 23.6 Å². The maximum absolute atomic E-state index is 12.2. The van der Waals surface area contributed by atoms with Gasteiger partial charge in [-0.05, 0) is 33.6 Å². The van der Waals surface area contributed by atoms with E-state index in [0.717, 1.165) is 19.6 Å². The summed E-state index contributed by atoms with van der Waals surface area (Å²) in [5.74, 6) is 0. The number of carbonyl (C=O) groups excluding carboxylic acids is 1. The lowest BCUT2D eigenvalue weighted by Gasteiger charge is -2.31. The van der Waals surface area contributed by atoms with Gasteiger partial charge in [0.15, 0.2) is 0 Å². The summed E-state index contributed by atoms with van der Waals surface area (Å²) in [6.45, 7) is 8.92. The van der Waals surface area contributed by atoms with Gasteiger partial charge in [-0.25, -0.2) is 4.79 Å². The molecule has 0 radical (unpaired) electrons. The number of nitrogens with zero attached hydrogens (tertiary/aromatic N) is 2. The van der Waals surface area contributed by atoms with Crippen molar-refractivity contribution in [3.05, 3.63) is 0 Å². The van der Waals surface area contributed by atoms with Crippen LogP contribution in [-0.2, 0) is 0 Å². The van der Waals surface area contributed by atoms with Crippen molar-refractivity contribution in [2.24, 2.45) is 0 Å². The van der Waals surface area contributed by atoms with Gasteiger partial charge in [-0.15, -0.1) is 0 Å². The maximum Gasteiger partial charge on any atom is 0.320 e. The molecule has 0 N–H and O–H groups in total. The number of hydrogen-bond donors (Lipinski definition) is 0. The van der Waals surface area contributed by atoms with Crippen LogP contribution in [0.5, 0.6) is 0 Å². The van der Waals surface area contributed by atoms with Gasteiger partial charge in [0.05, 0.1) is 0 Å². The van der Waals surface area contributed by atoms with E-state index in [9.17, 15) is 4.79 Å². The van der Waals surface area contributed by atoms with Crippen molar-refractivity contribution >= 4 is 6.03 Å². The van der Waals surface area contributed by atoms with Crippen LogP contribution < -0.4 is 0 Å². The van der Waals surface area contributed by atoms with Crippen molar-refractivity contribution in [2.75, 3.05) is 19.6 Å². The fourth-order valence-corrected chi connectivity index (χ4v) is 2.16.